The molecule has 1 aliphatic carbocycles. The molecule has 2 aromatic carbocycles. The number of aromatic nitrogens is 3. The van der Waals surface area contributed by atoms with Crippen LogP contribution >= 0.6 is 22.7 Å². The lowest BCUT2D eigenvalue weighted by atomic mass is 10.1. The summed E-state index contributed by atoms with van der Waals surface area (Å²) in [4.78, 5) is 25.6. The average Bonchev–Trinajstić information content (AvgIpc) is 3.34. The summed E-state index contributed by atoms with van der Waals surface area (Å²) in [5.74, 6) is -2.20. The highest BCUT2D eigenvalue weighted by Gasteiger charge is 2.53. The number of rotatable bonds is 7. The summed E-state index contributed by atoms with van der Waals surface area (Å²) in [5.41, 5.74) is -0.154. The van der Waals surface area contributed by atoms with E-state index in [9.17, 15) is 14.7 Å². The smallest absolute Gasteiger partial charge is 0.413 e. The van der Waals surface area contributed by atoms with Crippen molar-refractivity contribution in [3.8, 4) is 21.7 Å². The van der Waals surface area contributed by atoms with E-state index in [0.717, 1.165) is 32.0 Å². The van der Waals surface area contributed by atoms with Crippen molar-refractivity contribution in [3.05, 3.63) is 76.7 Å². The summed E-state index contributed by atoms with van der Waals surface area (Å²) in [6, 6.07) is 14.9. The van der Waals surface area contributed by atoms with Crippen molar-refractivity contribution in [2.24, 2.45) is 7.05 Å². The monoisotopic (exact) mass is 580 g/mol. The molecule has 3 heterocycles. The summed E-state index contributed by atoms with van der Waals surface area (Å²) >= 11 is 2.65. The molecule has 1 fully saturated rings. The fourth-order valence-corrected chi connectivity index (χ4v) is 7.22. The van der Waals surface area contributed by atoms with Gasteiger partial charge in [-0.15, -0.1) is 27.8 Å². The van der Waals surface area contributed by atoms with Crippen LogP contribution in [0.2, 0.25) is 0 Å². The molecular weight excluding hydrogens is 558 g/mol. The Labute approximate surface area is 234 Å². The molecule has 0 saturated heterocycles. The zero-order valence-corrected chi connectivity index (χ0v) is 22.9. The number of nitrogens with one attached hydrogen (secondary N) is 1. The highest BCUT2D eigenvalue weighted by atomic mass is 32.1. The number of anilines is 1. The van der Waals surface area contributed by atoms with Gasteiger partial charge in [0, 0.05) is 37.3 Å². The minimum atomic E-state index is -0.831. The van der Waals surface area contributed by atoms with Crippen molar-refractivity contribution in [2.45, 2.75) is 31.3 Å². The quantitative estimate of drug-likeness (QED) is 0.212. The van der Waals surface area contributed by atoms with Crippen molar-refractivity contribution >= 4 is 50.0 Å². The van der Waals surface area contributed by atoms with Gasteiger partial charge in [0.25, 0.3) is 0 Å². The first-order chi connectivity index (χ1) is 19.2. The van der Waals surface area contributed by atoms with E-state index in [-0.39, 0.29) is 22.6 Å². The number of halogens is 2. The van der Waals surface area contributed by atoms with E-state index in [4.69, 9.17) is 4.74 Å². The summed E-state index contributed by atoms with van der Waals surface area (Å²) in [6.07, 6.45) is -0.135. The van der Waals surface area contributed by atoms with Crippen LogP contribution in [0.4, 0.5) is 19.4 Å². The molecule has 1 saturated carbocycles. The Morgan fingerprint density at radius 3 is 2.40 bits per heavy atom. The number of fused-ring (bicyclic) bond motifs is 1. The van der Waals surface area contributed by atoms with E-state index in [1.54, 1.807) is 13.0 Å². The Hall–Kier alpha value is -4.16. The van der Waals surface area contributed by atoms with Crippen LogP contribution in [0.3, 0.4) is 0 Å². The van der Waals surface area contributed by atoms with E-state index in [1.807, 2.05) is 36.4 Å². The maximum atomic E-state index is 15.4. The molecule has 1 unspecified atom stereocenters. The SMILES string of the molecule is CC(OC(=O)Nc1c(-c2cc(F)c(-c3cc4sc(C5(C(=O)O)CC5)cc4s3)cc2F)nnn1C)c1ccccc1. The third-order valence-electron chi connectivity index (χ3n) is 7.02. The molecule has 0 aliphatic heterocycles. The molecule has 6 rings (SSSR count). The molecule has 1 aliphatic rings. The summed E-state index contributed by atoms with van der Waals surface area (Å²) < 4.78 is 39.1. The van der Waals surface area contributed by atoms with Crippen LogP contribution in [-0.2, 0) is 22.0 Å². The second kappa shape index (κ2) is 9.79. The van der Waals surface area contributed by atoms with Crippen LogP contribution in [0.15, 0.2) is 54.6 Å². The topological polar surface area (TPSA) is 106 Å². The number of carboxylic acids is 1. The van der Waals surface area contributed by atoms with Gasteiger partial charge in [-0.25, -0.2) is 18.3 Å². The normalized spacial score (nSPS) is 14.7. The lowest BCUT2D eigenvalue weighted by Gasteiger charge is -2.15. The molecular formula is C28H22F2N4O4S2. The molecule has 0 radical (unpaired) electrons. The lowest BCUT2D eigenvalue weighted by molar-refractivity contribution is -0.139. The first-order valence-corrected chi connectivity index (χ1v) is 14.0. The maximum Gasteiger partial charge on any atom is 0.413 e. The van der Waals surface area contributed by atoms with Crippen molar-refractivity contribution in [1.82, 2.24) is 15.0 Å². The Balaban J connectivity index is 1.26. The number of ether oxygens (including phenoxy) is 1. The summed E-state index contributed by atoms with van der Waals surface area (Å²) in [5, 5.41) is 19.9. The number of amides is 1. The van der Waals surface area contributed by atoms with Gasteiger partial charge in [-0.05, 0) is 49.6 Å². The predicted octanol–water partition coefficient (Wildman–Crippen LogP) is 7.13. The van der Waals surface area contributed by atoms with E-state index in [0.29, 0.717) is 17.7 Å². The number of carboxylic acid groups (broad SMARTS) is 1. The zero-order valence-electron chi connectivity index (χ0n) is 21.3. The molecule has 0 bridgehead atoms. The Bertz CT molecular complexity index is 1740. The average molecular weight is 581 g/mol. The molecule has 8 nitrogen and oxygen atoms in total. The fourth-order valence-electron chi connectivity index (χ4n) is 4.57. The summed E-state index contributed by atoms with van der Waals surface area (Å²) in [7, 11) is 1.51. The molecule has 1 atom stereocenters. The van der Waals surface area contributed by atoms with Crippen molar-refractivity contribution in [1.29, 1.82) is 0 Å². The highest BCUT2D eigenvalue weighted by molar-refractivity contribution is 7.29. The number of carbonyl (C=O) groups is 2. The van der Waals surface area contributed by atoms with E-state index in [2.05, 4.69) is 15.6 Å². The van der Waals surface area contributed by atoms with Crippen LogP contribution in [0.1, 0.15) is 36.3 Å². The number of carbonyl (C=O) groups excluding carboxylic acids is 1. The Morgan fingerprint density at radius 1 is 1.05 bits per heavy atom. The number of benzene rings is 2. The maximum absolute atomic E-state index is 15.4. The van der Waals surface area contributed by atoms with E-state index >= 15 is 8.78 Å². The number of nitrogens with zero attached hydrogens (tertiary/aromatic N) is 3. The van der Waals surface area contributed by atoms with E-state index in [1.165, 1.54) is 34.4 Å². The van der Waals surface area contributed by atoms with Gasteiger partial charge in [0.2, 0.25) is 0 Å². The standard InChI is InChI=1S/C28H22F2N4O4S2/c1-14(15-6-4-3-5-7-15)38-27(37)31-25-24(32-33-34(25)2)17-11-18(29)16(10-19(17)30)20-12-21-22(39-20)13-23(40-21)28(8-9-28)26(35)36/h3-7,10-14H,8-9H2,1-2H3,(H,31,37)(H,35,36). The van der Waals surface area contributed by atoms with Gasteiger partial charge in [-0.1, -0.05) is 35.5 Å². The van der Waals surface area contributed by atoms with E-state index < -0.39 is 35.2 Å². The number of aryl methyl sites for hydroxylation is 1. The van der Waals surface area contributed by atoms with Gasteiger partial charge in [0.15, 0.2) is 5.82 Å². The third-order valence-corrected chi connectivity index (χ3v) is 9.55. The van der Waals surface area contributed by atoms with Gasteiger partial charge >= 0.3 is 12.1 Å². The number of thiophene rings is 2. The van der Waals surface area contributed by atoms with Crippen molar-refractivity contribution < 1.29 is 28.2 Å². The first-order valence-electron chi connectivity index (χ1n) is 12.4. The zero-order chi connectivity index (χ0) is 28.2. The largest absolute Gasteiger partial charge is 0.481 e. The van der Waals surface area contributed by atoms with Crippen molar-refractivity contribution in [2.75, 3.05) is 5.32 Å². The van der Waals surface area contributed by atoms with Crippen LogP contribution in [0.25, 0.3) is 31.1 Å². The molecule has 204 valence electrons. The Kier molecular flexibility index (Phi) is 6.38. The first kappa shape index (κ1) is 26.1. The molecule has 2 N–H and O–H groups in total. The van der Waals surface area contributed by atoms with Crippen LogP contribution < -0.4 is 5.32 Å². The minimum absolute atomic E-state index is 0.0463. The van der Waals surface area contributed by atoms with Gasteiger partial charge in [0.1, 0.15) is 28.8 Å². The lowest BCUT2D eigenvalue weighted by Crippen LogP contribution is -2.18. The number of hydrogen-bond donors (Lipinski definition) is 2. The fraction of sp³-hybridized carbons (Fsp3) is 0.214. The number of hydrogen-bond acceptors (Lipinski definition) is 7. The summed E-state index contributed by atoms with van der Waals surface area (Å²) in [6.45, 7) is 1.72. The van der Waals surface area contributed by atoms with Crippen LogP contribution in [0.5, 0.6) is 0 Å². The Morgan fingerprint density at radius 2 is 1.73 bits per heavy atom. The second-order valence-corrected chi connectivity index (χ2v) is 11.8. The molecule has 5 aromatic rings. The van der Waals surface area contributed by atoms with Gasteiger partial charge in [-0.2, -0.15) is 0 Å². The second-order valence-electron chi connectivity index (χ2n) is 9.64. The number of aliphatic carboxylic acids is 1. The molecule has 40 heavy (non-hydrogen) atoms. The van der Waals surface area contributed by atoms with Crippen LogP contribution in [0, 0.1) is 11.6 Å². The predicted molar refractivity (Wildman–Crippen MR) is 149 cm³/mol. The highest BCUT2D eigenvalue weighted by Crippen LogP contribution is 2.53. The molecule has 1 amide bonds. The minimum Gasteiger partial charge on any atom is -0.481 e. The third kappa shape index (κ3) is 4.52. The van der Waals surface area contributed by atoms with Crippen molar-refractivity contribution in [3.63, 3.8) is 0 Å². The molecule has 12 heteroatoms. The molecule has 0 spiro atoms. The van der Waals surface area contributed by atoms with Gasteiger partial charge < -0.3 is 9.84 Å². The van der Waals surface area contributed by atoms with Crippen LogP contribution in [-0.4, -0.2) is 32.2 Å². The van der Waals surface area contributed by atoms with Gasteiger partial charge in [-0.3, -0.25) is 10.1 Å². The van der Waals surface area contributed by atoms with Gasteiger partial charge in [0.05, 0.1) is 0 Å². The molecule has 3 aromatic heterocycles.